The number of nitrogens with zero attached hydrogens (tertiary/aromatic N) is 3. The molecule has 0 aliphatic carbocycles. The fourth-order valence-corrected chi connectivity index (χ4v) is 6.74. The highest BCUT2D eigenvalue weighted by Gasteiger charge is 2.29. The second kappa shape index (κ2) is 6.82. The molecule has 7 heteroatoms. The fraction of sp³-hybridized carbons (Fsp3) is 0.478. The van der Waals surface area contributed by atoms with E-state index in [1.165, 1.54) is 51.0 Å². The van der Waals surface area contributed by atoms with E-state index in [1.54, 1.807) is 11.2 Å². The van der Waals surface area contributed by atoms with Crippen molar-refractivity contribution < 1.29 is 4.74 Å². The Morgan fingerprint density at radius 2 is 2.10 bits per heavy atom. The lowest BCUT2D eigenvalue weighted by Gasteiger charge is -2.22. The van der Waals surface area contributed by atoms with Crippen molar-refractivity contribution in [2.45, 2.75) is 51.9 Å². The van der Waals surface area contributed by atoms with Crippen molar-refractivity contribution in [3.63, 3.8) is 0 Å². The van der Waals surface area contributed by atoms with Gasteiger partial charge in [-0.25, -0.2) is 9.50 Å². The molecule has 0 radical (unpaired) electrons. The van der Waals surface area contributed by atoms with Crippen molar-refractivity contribution in [1.29, 1.82) is 0 Å². The van der Waals surface area contributed by atoms with E-state index in [2.05, 4.69) is 47.4 Å². The Labute approximate surface area is 179 Å². The SMILES string of the molecule is Cc1c(C2CCNCC2)sc2[nH]c(-c3cn4ncnc4c4c3CCO4)c(C(C)C)c12. The highest BCUT2D eigenvalue weighted by molar-refractivity contribution is 7.19. The molecule has 4 aromatic heterocycles. The Morgan fingerprint density at radius 1 is 1.27 bits per heavy atom. The zero-order valence-corrected chi connectivity index (χ0v) is 18.5. The minimum Gasteiger partial charge on any atom is -0.489 e. The zero-order valence-electron chi connectivity index (χ0n) is 17.7. The van der Waals surface area contributed by atoms with Gasteiger partial charge in [0.1, 0.15) is 11.2 Å². The number of nitrogens with one attached hydrogen (secondary N) is 2. The molecular formula is C23H27N5OS. The number of pyridine rings is 1. The van der Waals surface area contributed by atoms with Crippen LogP contribution in [-0.4, -0.2) is 39.3 Å². The van der Waals surface area contributed by atoms with Crippen LogP contribution in [0, 0.1) is 6.92 Å². The Bertz CT molecular complexity index is 1260. The lowest BCUT2D eigenvalue weighted by Crippen LogP contribution is -2.26. The number of fused-ring (bicyclic) bond motifs is 4. The first kappa shape index (κ1) is 18.4. The molecule has 2 aliphatic rings. The van der Waals surface area contributed by atoms with Crippen molar-refractivity contribution in [2.75, 3.05) is 19.7 Å². The van der Waals surface area contributed by atoms with Gasteiger partial charge in [-0.05, 0) is 55.8 Å². The molecule has 0 bridgehead atoms. The summed E-state index contributed by atoms with van der Waals surface area (Å²) in [6.07, 6.45) is 7.12. The number of H-pyrrole nitrogens is 1. The summed E-state index contributed by atoms with van der Waals surface area (Å²) in [6.45, 7) is 9.90. The van der Waals surface area contributed by atoms with Crippen LogP contribution in [0.2, 0.25) is 0 Å². The van der Waals surface area contributed by atoms with Crippen LogP contribution < -0.4 is 10.1 Å². The highest BCUT2D eigenvalue weighted by atomic mass is 32.1. The summed E-state index contributed by atoms with van der Waals surface area (Å²) in [5.41, 5.74) is 7.40. The number of ether oxygens (including phenoxy) is 1. The summed E-state index contributed by atoms with van der Waals surface area (Å²) in [6, 6.07) is 0. The van der Waals surface area contributed by atoms with Gasteiger partial charge in [0.25, 0.3) is 0 Å². The summed E-state index contributed by atoms with van der Waals surface area (Å²) in [5.74, 6) is 2.00. The predicted octanol–water partition coefficient (Wildman–Crippen LogP) is 4.77. The first-order valence-electron chi connectivity index (χ1n) is 11.0. The molecule has 0 aromatic carbocycles. The van der Waals surface area contributed by atoms with E-state index in [4.69, 9.17) is 4.74 Å². The number of thiophene rings is 1. The van der Waals surface area contributed by atoms with Gasteiger partial charge < -0.3 is 15.0 Å². The number of rotatable bonds is 3. The van der Waals surface area contributed by atoms with E-state index in [9.17, 15) is 0 Å². The molecular weight excluding hydrogens is 394 g/mol. The number of aromatic nitrogens is 4. The van der Waals surface area contributed by atoms with Gasteiger partial charge in [-0.3, -0.25) is 0 Å². The van der Waals surface area contributed by atoms with E-state index >= 15 is 0 Å². The van der Waals surface area contributed by atoms with Crippen LogP contribution in [0.1, 0.15) is 60.1 Å². The maximum absolute atomic E-state index is 5.97. The predicted molar refractivity (Wildman–Crippen MR) is 121 cm³/mol. The van der Waals surface area contributed by atoms with Gasteiger partial charge in [0, 0.05) is 34.0 Å². The van der Waals surface area contributed by atoms with Crippen LogP contribution in [0.25, 0.3) is 27.1 Å². The Balaban J connectivity index is 1.58. The lowest BCUT2D eigenvalue weighted by molar-refractivity contribution is 0.358. The van der Waals surface area contributed by atoms with Crippen molar-refractivity contribution in [3.8, 4) is 17.0 Å². The summed E-state index contributed by atoms with van der Waals surface area (Å²) in [7, 11) is 0. The molecule has 0 spiro atoms. The number of aryl methyl sites for hydroxylation is 1. The quantitative estimate of drug-likeness (QED) is 0.500. The van der Waals surface area contributed by atoms with Crippen molar-refractivity contribution >= 4 is 27.2 Å². The molecule has 0 amide bonds. The van der Waals surface area contributed by atoms with Gasteiger partial charge in [0.05, 0.1) is 12.3 Å². The van der Waals surface area contributed by atoms with Gasteiger partial charge in [0.2, 0.25) is 0 Å². The van der Waals surface area contributed by atoms with Crippen LogP contribution in [0.3, 0.4) is 0 Å². The van der Waals surface area contributed by atoms with Gasteiger partial charge >= 0.3 is 0 Å². The highest BCUT2D eigenvalue weighted by Crippen LogP contribution is 2.47. The van der Waals surface area contributed by atoms with Gasteiger partial charge in [0.15, 0.2) is 11.4 Å². The standard InChI is InChI=1S/C23H27N5OS/c1-12(2)17-18-13(3)21(14-4-7-24-8-5-14)30-23(18)27-19(17)16-10-28-22(25-11-26-28)20-15(16)6-9-29-20/h10-12,14,24,27H,4-9H2,1-3H3. The number of aromatic amines is 1. The molecule has 0 unspecified atom stereocenters. The van der Waals surface area contributed by atoms with Crippen molar-refractivity contribution in [1.82, 2.24) is 24.9 Å². The van der Waals surface area contributed by atoms with E-state index in [0.717, 1.165) is 30.9 Å². The number of hydrogen-bond donors (Lipinski definition) is 2. The Morgan fingerprint density at radius 3 is 2.90 bits per heavy atom. The summed E-state index contributed by atoms with van der Waals surface area (Å²) in [4.78, 5) is 11.1. The molecule has 4 aromatic rings. The van der Waals surface area contributed by atoms with Crippen molar-refractivity contribution in [3.05, 3.63) is 34.1 Å². The third-order valence-corrected chi connectivity index (χ3v) is 8.11. The Hall–Kier alpha value is -2.38. The summed E-state index contributed by atoms with van der Waals surface area (Å²) >= 11 is 1.97. The Kier molecular flexibility index (Phi) is 4.18. The molecule has 0 saturated carbocycles. The molecule has 1 fully saturated rings. The van der Waals surface area contributed by atoms with Crippen LogP contribution in [0.5, 0.6) is 5.75 Å². The molecule has 30 heavy (non-hydrogen) atoms. The number of hydrogen-bond acceptors (Lipinski definition) is 5. The zero-order chi connectivity index (χ0) is 20.4. The fourth-order valence-electron chi connectivity index (χ4n) is 5.35. The van der Waals surface area contributed by atoms with Gasteiger partial charge in [-0.1, -0.05) is 13.8 Å². The molecule has 6 heterocycles. The topological polar surface area (TPSA) is 67.2 Å². The van der Waals surface area contributed by atoms with Crippen LogP contribution in [-0.2, 0) is 6.42 Å². The largest absolute Gasteiger partial charge is 0.489 e. The lowest BCUT2D eigenvalue weighted by atomic mass is 9.90. The van der Waals surface area contributed by atoms with Gasteiger partial charge in [-0.2, -0.15) is 5.10 Å². The third kappa shape index (κ3) is 2.58. The molecule has 156 valence electrons. The molecule has 0 atom stereocenters. The molecule has 2 aliphatic heterocycles. The average molecular weight is 422 g/mol. The first-order valence-corrected chi connectivity index (χ1v) is 11.8. The first-order chi connectivity index (χ1) is 14.6. The van der Waals surface area contributed by atoms with Crippen LogP contribution in [0.15, 0.2) is 12.5 Å². The van der Waals surface area contributed by atoms with E-state index in [1.807, 2.05) is 15.9 Å². The minimum atomic E-state index is 0.423. The van der Waals surface area contributed by atoms with E-state index in [0.29, 0.717) is 18.4 Å². The number of piperidine rings is 1. The molecule has 6 rings (SSSR count). The average Bonchev–Trinajstić information content (AvgIpc) is 3.51. The van der Waals surface area contributed by atoms with E-state index in [-0.39, 0.29) is 0 Å². The van der Waals surface area contributed by atoms with Crippen LogP contribution in [0.4, 0.5) is 0 Å². The normalized spacial score (nSPS) is 17.3. The summed E-state index contributed by atoms with van der Waals surface area (Å²) in [5, 5.41) is 9.33. The van der Waals surface area contributed by atoms with E-state index < -0.39 is 0 Å². The maximum Gasteiger partial charge on any atom is 0.198 e. The van der Waals surface area contributed by atoms with Crippen molar-refractivity contribution in [2.24, 2.45) is 0 Å². The maximum atomic E-state index is 5.97. The second-order valence-corrected chi connectivity index (χ2v) is 9.92. The van der Waals surface area contributed by atoms with Gasteiger partial charge in [-0.15, -0.1) is 11.3 Å². The summed E-state index contributed by atoms with van der Waals surface area (Å²) < 4.78 is 7.82. The third-order valence-electron chi connectivity index (χ3n) is 6.74. The molecule has 6 nitrogen and oxygen atoms in total. The van der Waals surface area contributed by atoms with Crippen LogP contribution >= 0.6 is 11.3 Å². The molecule has 2 N–H and O–H groups in total. The molecule has 1 saturated heterocycles. The minimum absolute atomic E-state index is 0.423. The second-order valence-electron chi connectivity index (χ2n) is 8.87. The monoisotopic (exact) mass is 421 g/mol. The smallest absolute Gasteiger partial charge is 0.198 e.